The third kappa shape index (κ3) is 6.42. The van der Waals surface area contributed by atoms with Gasteiger partial charge in [0.25, 0.3) is 0 Å². The molecule has 2 nitrogen and oxygen atoms in total. The van der Waals surface area contributed by atoms with Crippen molar-refractivity contribution in [2.45, 2.75) is 71.4 Å². The van der Waals surface area contributed by atoms with E-state index in [4.69, 9.17) is 0 Å². The van der Waals surface area contributed by atoms with Crippen molar-refractivity contribution in [2.75, 3.05) is 20.1 Å². The van der Waals surface area contributed by atoms with Crippen molar-refractivity contribution in [3.63, 3.8) is 0 Å². The normalized spacial score (nSPS) is 25.8. The molecule has 2 heteroatoms. The lowest BCUT2D eigenvalue weighted by Gasteiger charge is -2.27. The molecule has 0 aromatic rings. The maximum absolute atomic E-state index is 3.74. The van der Waals surface area contributed by atoms with Gasteiger partial charge in [-0.15, -0.1) is 0 Å². The Hall–Kier alpha value is -0.0800. The summed E-state index contributed by atoms with van der Waals surface area (Å²) in [6.45, 7) is 9.37. The van der Waals surface area contributed by atoms with E-state index in [0.717, 1.165) is 12.0 Å². The molecule has 0 bridgehead atoms. The van der Waals surface area contributed by atoms with Crippen molar-refractivity contribution >= 4 is 0 Å². The van der Waals surface area contributed by atoms with Crippen LogP contribution in [-0.4, -0.2) is 37.1 Å². The third-order valence-corrected chi connectivity index (χ3v) is 4.19. The van der Waals surface area contributed by atoms with Crippen molar-refractivity contribution < 1.29 is 0 Å². The summed E-state index contributed by atoms with van der Waals surface area (Å²) in [7, 11) is 2.22. The molecule has 0 aromatic heterocycles. The SMILES string of the molecule is CC1CCCC(NCCCCN(C)C(C)C)C1. The first kappa shape index (κ1) is 15.0. The van der Waals surface area contributed by atoms with Gasteiger partial charge in [0.05, 0.1) is 0 Å². The third-order valence-electron chi connectivity index (χ3n) is 4.19. The lowest BCUT2D eigenvalue weighted by Crippen LogP contribution is -2.34. The minimum absolute atomic E-state index is 0.683. The summed E-state index contributed by atoms with van der Waals surface area (Å²) in [6, 6.07) is 1.49. The Morgan fingerprint density at radius 2 is 2.00 bits per heavy atom. The molecule has 1 rings (SSSR count). The second-order valence-electron chi connectivity index (χ2n) is 6.20. The Balaban J connectivity index is 1.97. The minimum atomic E-state index is 0.683. The maximum Gasteiger partial charge on any atom is 0.00696 e. The van der Waals surface area contributed by atoms with Crippen LogP contribution in [0.1, 0.15) is 59.3 Å². The predicted molar refractivity (Wildman–Crippen MR) is 76.4 cm³/mol. The number of hydrogen-bond donors (Lipinski definition) is 1. The van der Waals surface area contributed by atoms with Gasteiger partial charge in [-0.1, -0.05) is 19.8 Å². The van der Waals surface area contributed by atoms with Crippen LogP contribution in [0.3, 0.4) is 0 Å². The van der Waals surface area contributed by atoms with E-state index < -0.39 is 0 Å². The molecule has 1 fully saturated rings. The monoisotopic (exact) mass is 240 g/mol. The highest BCUT2D eigenvalue weighted by atomic mass is 15.1. The molecule has 1 saturated carbocycles. The fourth-order valence-electron chi connectivity index (χ4n) is 2.67. The summed E-state index contributed by atoms with van der Waals surface area (Å²) >= 11 is 0. The first-order valence-corrected chi connectivity index (χ1v) is 7.53. The Labute approximate surface area is 108 Å². The number of nitrogens with one attached hydrogen (secondary N) is 1. The summed E-state index contributed by atoms with van der Waals surface area (Å²) in [5.74, 6) is 0.938. The van der Waals surface area contributed by atoms with Crippen LogP contribution in [0.2, 0.25) is 0 Å². The van der Waals surface area contributed by atoms with Crippen LogP contribution in [0.25, 0.3) is 0 Å². The van der Waals surface area contributed by atoms with Gasteiger partial charge in [-0.25, -0.2) is 0 Å². The number of unbranched alkanes of at least 4 members (excludes halogenated alkanes) is 1. The molecular weight excluding hydrogens is 208 g/mol. The van der Waals surface area contributed by atoms with Gasteiger partial charge < -0.3 is 10.2 Å². The van der Waals surface area contributed by atoms with Crippen LogP contribution in [0.5, 0.6) is 0 Å². The van der Waals surface area contributed by atoms with Gasteiger partial charge in [0.2, 0.25) is 0 Å². The minimum Gasteiger partial charge on any atom is -0.314 e. The van der Waals surface area contributed by atoms with E-state index in [1.54, 1.807) is 0 Å². The van der Waals surface area contributed by atoms with Crippen molar-refractivity contribution in [2.24, 2.45) is 5.92 Å². The molecule has 1 N–H and O–H groups in total. The zero-order valence-corrected chi connectivity index (χ0v) is 12.3. The van der Waals surface area contributed by atoms with E-state index >= 15 is 0 Å². The highest BCUT2D eigenvalue weighted by molar-refractivity contribution is 4.75. The predicted octanol–water partition coefficient (Wildman–Crippen LogP) is 3.28. The van der Waals surface area contributed by atoms with Crippen LogP contribution in [0.15, 0.2) is 0 Å². The van der Waals surface area contributed by atoms with Crippen LogP contribution >= 0.6 is 0 Å². The number of hydrogen-bond acceptors (Lipinski definition) is 2. The smallest absolute Gasteiger partial charge is 0.00696 e. The summed E-state index contributed by atoms with van der Waals surface area (Å²) in [5.41, 5.74) is 0. The van der Waals surface area contributed by atoms with Gasteiger partial charge >= 0.3 is 0 Å². The highest BCUT2D eigenvalue weighted by Crippen LogP contribution is 2.23. The Morgan fingerprint density at radius 3 is 2.65 bits per heavy atom. The standard InChI is InChI=1S/C15H32N2/c1-13(2)17(4)11-6-5-10-16-15-9-7-8-14(3)12-15/h13-16H,5-12H2,1-4H3. The Bertz CT molecular complexity index is 191. The molecule has 17 heavy (non-hydrogen) atoms. The van der Waals surface area contributed by atoms with Crippen molar-refractivity contribution in [1.82, 2.24) is 10.2 Å². The van der Waals surface area contributed by atoms with Crippen LogP contribution in [0, 0.1) is 5.92 Å². The molecule has 1 aliphatic carbocycles. The summed E-state index contributed by atoms with van der Waals surface area (Å²) in [6.07, 6.45) is 8.31. The lowest BCUT2D eigenvalue weighted by molar-refractivity contribution is 0.263. The zero-order chi connectivity index (χ0) is 12.7. The van der Waals surface area contributed by atoms with E-state index in [2.05, 4.69) is 38.0 Å². The van der Waals surface area contributed by atoms with E-state index in [-0.39, 0.29) is 0 Å². The summed E-state index contributed by atoms with van der Waals surface area (Å²) in [5, 5.41) is 3.74. The van der Waals surface area contributed by atoms with Gasteiger partial charge in [-0.05, 0) is 65.6 Å². The molecule has 0 heterocycles. The van der Waals surface area contributed by atoms with E-state index in [0.29, 0.717) is 6.04 Å². The second-order valence-corrected chi connectivity index (χ2v) is 6.20. The van der Waals surface area contributed by atoms with Crippen molar-refractivity contribution in [3.8, 4) is 0 Å². The fraction of sp³-hybridized carbons (Fsp3) is 1.00. The molecule has 2 unspecified atom stereocenters. The average molecular weight is 240 g/mol. The highest BCUT2D eigenvalue weighted by Gasteiger charge is 2.17. The first-order valence-electron chi connectivity index (χ1n) is 7.53. The second kappa shape index (κ2) is 8.10. The first-order chi connectivity index (χ1) is 8.09. The molecule has 0 spiro atoms. The van der Waals surface area contributed by atoms with Gasteiger partial charge in [0.1, 0.15) is 0 Å². The quantitative estimate of drug-likeness (QED) is 0.687. The van der Waals surface area contributed by atoms with Crippen molar-refractivity contribution in [1.29, 1.82) is 0 Å². The van der Waals surface area contributed by atoms with Crippen LogP contribution in [-0.2, 0) is 0 Å². The Kier molecular flexibility index (Phi) is 7.14. The van der Waals surface area contributed by atoms with Gasteiger partial charge in [-0.3, -0.25) is 0 Å². The van der Waals surface area contributed by atoms with Crippen LogP contribution in [0.4, 0.5) is 0 Å². The molecule has 1 aliphatic rings. The molecule has 0 saturated heterocycles. The van der Waals surface area contributed by atoms with E-state index in [1.165, 1.54) is 51.6 Å². The number of rotatable bonds is 7. The molecule has 102 valence electrons. The van der Waals surface area contributed by atoms with E-state index in [1.807, 2.05) is 0 Å². The molecule has 0 aliphatic heterocycles. The molecule has 0 radical (unpaired) electrons. The largest absolute Gasteiger partial charge is 0.314 e. The summed E-state index contributed by atoms with van der Waals surface area (Å²) in [4.78, 5) is 2.43. The molecule has 2 atom stereocenters. The zero-order valence-electron chi connectivity index (χ0n) is 12.3. The number of nitrogens with zero attached hydrogens (tertiary/aromatic N) is 1. The maximum atomic E-state index is 3.74. The van der Waals surface area contributed by atoms with Gasteiger partial charge in [-0.2, -0.15) is 0 Å². The molecular formula is C15H32N2. The van der Waals surface area contributed by atoms with E-state index in [9.17, 15) is 0 Å². The Morgan fingerprint density at radius 1 is 1.24 bits per heavy atom. The topological polar surface area (TPSA) is 15.3 Å². The van der Waals surface area contributed by atoms with Gasteiger partial charge in [0, 0.05) is 12.1 Å². The average Bonchev–Trinajstić information content (AvgIpc) is 2.28. The lowest BCUT2D eigenvalue weighted by atomic mass is 9.87. The summed E-state index contributed by atoms with van der Waals surface area (Å²) < 4.78 is 0. The molecule has 0 amide bonds. The van der Waals surface area contributed by atoms with Crippen molar-refractivity contribution in [3.05, 3.63) is 0 Å². The fourth-order valence-corrected chi connectivity index (χ4v) is 2.67. The molecule has 0 aromatic carbocycles. The van der Waals surface area contributed by atoms with Crippen LogP contribution < -0.4 is 5.32 Å². The van der Waals surface area contributed by atoms with Gasteiger partial charge in [0.15, 0.2) is 0 Å².